The van der Waals surface area contributed by atoms with Gasteiger partial charge in [-0.3, -0.25) is 19.7 Å². The normalized spacial score (nSPS) is 17.2. The summed E-state index contributed by atoms with van der Waals surface area (Å²) < 4.78 is 0.518. The Labute approximate surface area is 76.7 Å². The van der Waals surface area contributed by atoms with E-state index in [9.17, 15) is 19.2 Å². The Kier molecular flexibility index (Phi) is 2.52. The number of primary amides is 1. The Balaban J connectivity index is 2.73. The first-order valence-electron chi connectivity index (χ1n) is 3.15. The Morgan fingerprint density at radius 1 is 1.46 bits per heavy atom. The molecule has 5 amide bonds. The van der Waals surface area contributed by atoms with E-state index in [4.69, 9.17) is 5.73 Å². The monoisotopic (exact) mass is 203 g/mol. The standard InChI is InChI=1S/C5H5N3O4S/c6-4(11)13-8-3(10)1-2(9)7-5(8)12/h1H2,(H2,6,11)(H,7,9,12). The lowest BCUT2D eigenvalue weighted by Gasteiger charge is -2.21. The number of rotatable bonds is 1. The minimum Gasteiger partial charge on any atom is -0.359 e. The SMILES string of the molecule is NC(=O)SN1C(=O)CC(=O)NC1=O. The summed E-state index contributed by atoms with van der Waals surface area (Å²) in [6, 6.07) is -0.940. The van der Waals surface area contributed by atoms with Gasteiger partial charge in [0.1, 0.15) is 6.42 Å². The number of hydrogen-bond donors (Lipinski definition) is 2. The van der Waals surface area contributed by atoms with Crippen molar-refractivity contribution in [1.29, 1.82) is 0 Å². The molecule has 0 spiro atoms. The van der Waals surface area contributed by atoms with E-state index in [1.54, 1.807) is 0 Å². The molecule has 1 fully saturated rings. The lowest BCUT2D eigenvalue weighted by Crippen LogP contribution is -2.50. The van der Waals surface area contributed by atoms with Crippen molar-refractivity contribution >= 4 is 35.0 Å². The zero-order valence-electron chi connectivity index (χ0n) is 6.27. The van der Waals surface area contributed by atoms with E-state index in [0.29, 0.717) is 4.31 Å². The largest absolute Gasteiger partial charge is 0.359 e. The second-order valence-electron chi connectivity index (χ2n) is 2.13. The van der Waals surface area contributed by atoms with Crippen molar-refractivity contribution in [2.45, 2.75) is 6.42 Å². The van der Waals surface area contributed by atoms with Crippen LogP contribution < -0.4 is 11.1 Å². The predicted octanol–water partition coefficient (Wildman–Crippen LogP) is -0.818. The van der Waals surface area contributed by atoms with Crippen LogP contribution in [0.4, 0.5) is 9.59 Å². The minimum atomic E-state index is -0.940. The van der Waals surface area contributed by atoms with E-state index in [1.165, 1.54) is 0 Å². The van der Waals surface area contributed by atoms with Crippen LogP contribution >= 0.6 is 11.9 Å². The molecule has 70 valence electrons. The van der Waals surface area contributed by atoms with Gasteiger partial charge in [-0.15, -0.1) is 0 Å². The predicted molar refractivity (Wildman–Crippen MR) is 42.2 cm³/mol. The smallest absolute Gasteiger partial charge is 0.341 e. The van der Waals surface area contributed by atoms with E-state index in [2.05, 4.69) is 0 Å². The molecule has 13 heavy (non-hydrogen) atoms. The average molecular weight is 203 g/mol. The highest BCUT2D eigenvalue weighted by molar-refractivity contribution is 8.12. The third-order valence-electron chi connectivity index (χ3n) is 1.15. The zero-order valence-corrected chi connectivity index (χ0v) is 7.09. The van der Waals surface area contributed by atoms with Crippen LogP contribution in [0.2, 0.25) is 0 Å². The molecule has 1 aliphatic heterocycles. The molecule has 1 heterocycles. The van der Waals surface area contributed by atoms with Crippen LogP contribution in [-0.2, 0) is 9.59 Å². The molecule has 3 N–H and O–H groups in total. The number of carbonyl (C=O) groups excluding carboxylic acids is 4. The molecule has 0 aromatic rings. The fraction of sp³-hybridized carbons (Fsp3) is 0.200. The molecule has 0 saturated carbocycles. The number of hydrogen-bond acceptors (Lipinski definition) is 5. The van der Waals surface area contributed by atoms with E-state index in [1.807, 2.05) is 5.32 Å². The van der Waals surface area contributed by atoms with Crippen LogP contribution in [0.25, 0.3) is 0 Å². The number of imide groups is 2. The van der Waals surface area contributed by atoms with Crippen LogP contribution in [0.1, 0.15) is 6.42 Å². The van der Waals surface area contributed by atoms with Gasteiger partial charge in [-0.05, 0) is 0 Å². The first-order valence-corrected chi connectivity index (χ1v) is 3.92. The number of urea groups is 1. The molecule has 0 unspecified atom stereocenters. The lowest BCUT2D eigenvalue weighted by molar-refractivity contribution is -0.132. The molecule has 1 aliphatic rings. The number of carbonyl (C=O) groups is 4. The molecule has 1 saturated heterocycles. The molecular weight excluding hydrogens is 198 g/mol. The van der Waals surface area contributed by atoms with Crippen LogP contribution in [-0.4, -0.2) is 27.4 Å². The van der Waals surface area contributed by atoms with Crippen molar-refractivity contribution < 1.29 is 19.2 Å². The van der Waals surface area contributed by atoms with Gasteiger partial charge >= 0.3 is 6.03 Å². The third kappa shape index (κ3) is 2.18. The first-order chi connectivity index (χ1) is 6.00. The van der Waals surface area contributed by atoms with Gasteiger partial charge in [0.05, 0.1) is 11.9 Å². The average Bonchev–Trinajstić information content (AvgIpc) is 1.96. The summed E-state index contributed by atoms with van der Waals surface area (Å²) in [4.78, 5) is 42.8. The highest BCUT2D eigenvalue weighted by atomic mass is 32.2. The number of nitrogens with one attached hydrogen (secondary N) is 1. The number of nitrogens with zero attached hydrogens (tertiary/aromatic N) is 1. The summed E-state index contributed by atoms with van der Waals surface area (Å²) in [5.41, 5.74) is 4.75. The first kappa shape index (κ1) is 9.52. The van der Waals surface area contributed by atoms with E-state index in [-0.39, 0.29) is 11.9 Å². The van der Waals surface area contributed by atoms with Crippen molar-refractivity contribution in [2.24, 2.45) is 5.73 Å². The molecule has 7 nitrogen and oxygen atoms in total. The topological polar surface area (TPSA) is 110 Å². The molecule has 0 aliphatic carbocycles. The van der Waals surface area contributed by atoms with Gasteiger partial charge in [-0.2, -0.15) is 4.31 Å². The Morgan fingerprint density at radius 3 is 2.54 bits per heavy atom. The van der Waals surface area contributed by atoms with Gasteiger partial charge in [0.2, 0.25) is 5.91 Å². The summed E-state index contributed by atoms with van der Waals surface area (Å²) in [6.45, 7) is 0. The summed E-state index contributed by atoms with van der Waals surface area (Å²) in [7, 11) is 0. The molecule has 0 radical (unpaired) electrons. The van der Waals surface area contributed by atoms with Gasteiger partial charge in [-0.25, -0.2) is 4.79 Å². The molecule has 0 aromatic carbocycles. The Morgan fingerprint density at radius 2 is 2.08 bits per heavy atom. The minimum absolute atomic E-state index is 0.252. The van der Waals surface area contributed by atoms with Crippen molar-refractivity contribution in [3.05, 3.63) is 0 Å². The number of barbiturate groups is 1. The summed E-state index contributed by atoms with van der Waals surface area (Å²) >= 11 is 0.252. The highest BCUT2D eigenvalue weighted by Gasteiger charge is 2.32. The van der Waals surface area contributed by atoms with Crippen molar-refractivity contribution in [3.63, 3.8) is 0 Å². The van der Waals surface area contributed by atoms with Gasteiger partial charge in [0.15, 0.2) is 0 Å². The molecular formula is C5H5N3O4S. The van der Waals surface area contributed by atoms with Crippen LogP contribution in [0.5, 0.6) is 0 Å². The summed E-state index contributed by atoms with van der Waals surface area (Å²) in [5, 5.41) is 0.973. The number of amides is 5. The van der Waals surface area contributed by atoms with E-state index < -0.39 is 29.5 Å². The molecule has 0 atom stereocenters. The summed E-state index contributed by atoms with van der Waals surface area (Å²) in [5.74, 6) is -1.44. The van der Waals surface area contributed by atoms with Gasteiger partial charge in [0, 0.05) is 0 Å². The quantitative estimate of drug-likeness (QED) is 0.427. The highest BCUT2D eigenvalue weighted by Crippen LogP contribution is 2.14. The Hall–Kier alpha value is -1.57. The Bertz CT molecular complexity index is 282. The van der Waals surface area contributed by atoms with Crippen molar-refractivity contribution in [2.75, 3.05) is 0 Å². The van der Waals surface area contributed by atoms with Gasteiger partial charge < -0.3 is 5.73 Å². The van der Waals surface area contributed by atoms with Crippen molar-refractivity contribution in [3.8, 4) is 0 Å². The van der Waals surface area contributed by atoms with Gasteiger partial charge in [0.25, 0.3) is 11.1 Å². The van der Waals surface area contributed by atoms with E-state index in [0.717, 1.165) is 0 Å². The van der Waals surface area contributed by atoms with Crippen LogP contribution in [0.15, 0.2) is 0 Å². The zero-order chi connectivity index (χ0) is 10.0. The maximum absolute atomic E-state index is 11.0. The van der Waals surface area contributed by atoms with Crippen LogP contribution in [0, 0.1) is 0 Å². The second kappa shape index (κ2) is 3.44. The molecule has 0 aromatic heterocycles. The molecule has 1 rings (SSSR count). The summed E-state index contributed by atoms with van der Waals surface area (Å²) in [6.07, 6.45) is -0.452. The fourth-order valence-electron chi connectivity index (χ4n) is 0.719. The molecule has 8 heteroatoms. The second-order valence-corrected chi connectivity index (χ2v) is 3.08. The lowest BCUT2D eigenvalue weighted by atomic mass is 10.3. The fourth-order valence-corrected chi connectivity index (χ4v) is 1.19. The third-order valence-corrected chi connectivity index (χ3v) is 1.88. The maximum atomic E-state index is 11.0. The molecule has 0 bridgehead atoms. The van der Waals surface area contributed by atoms with Crippen LogP contribution in [0.3, 0.4) is 0 Å². The van der Waals surface area contributed by atoms with Crippen molar-refractivity contribution in [1.82, 2.24) is 9.62 Å². The van der Waals surface area contributed by atoms with Gasteiger partial charge in [-0.1, -0.05) is 0 Å². The number of nitrogens with two attached hydrogens (primary N) is 1. The van der Waals surface area contributed by atoms with E-state index >= 15 is 0 Å². The maximum Gasteiger partial charge on any atom is 0.341 e.